The Balaban J connectivity index is 1.31. The lowest BCUT2D eigenvalue weighted by Crippen LogP contribution is -2.52. The molecule has 1 spiro atoms. The van der Waals surface area contributed by atoms with Crippen molar-refractivity contribution in [1.29, 1.82) is 0 Å². The van der Waals surface area contributed by atoms with Crippen LogP contribution in [0.5, 0.6) is 0 Å². The Morgan fingerprint density at radius 1 is 1.04 bits per heavy atom. The molecule has 1 atom stereocenters. The molecular formula is C22H37N3O2. The summed E-state index contributed by atoms with van der Waals surface area (Å²) in [5.41, 5.74) is -0.203. The van der Waals surface area contributed by atoms with Crippen molar-refractivity contribution >= 4 is 11.8 Å². The molecule has 4 aliphatic rings. The van der Waals surface area contributed by atoms with Crippen molar-refractivity contribution < 1.29 is 9.59 Å². The zero-order valence-corrected chi connectivity index (χ0v) is 17.1. The molecule has 2 aliphatic carbocycles. The van der Waals surface area contributed by atoms with Gasteiger partial charge in [0.2, 0.25) is 11.8 Å². The van der Waals surface area contributed by atoms with E-state index in [2.05, 4.69) is 9.80 Å². The third kappa shape index (κ3) is 4.03. The maximum absolute atomic E-state index is 13.2. The highest BCUT2D eigenvalue weighted by atomic mass is 16.2. The molecule has 2 amide bonds. The number of nitrogens with zero attached hydrogens (tertiary/aromatic N) is 3. The third-order valence-corrected chi connectivity index (χ3v) is 7.84. The van der Waals surface area contributed by atoms with E-state index in [-0.39, 0.29) is 11.3 Å². The number of piperidine rings is 1. The van der Waals surface area contributed by atoms with Crippen LogP contribution in [0, 0.1) is 11.3 Å². The third-order valence-electron chi connectivity index (χ3n) is 7.84. The molecule has 1 unspecified atom stereocenters. The summed E-state index contributed by atoms with van der Waals surface area (Å²) in [7, 11) is 1.98. The number of likely N-dealkylation sites (N-methyl/N-ethyl adjacent to an activating group) is 1. The Bertz CT molecular complexity index is 556. The van der Waals surface area contributed by atoms with E-state index in [1.165, 1.54) is 38.5 Å². The zero-order chi connectivity index (χ0) is 18.9. The minimum Gasteiger partial charge on any atom is -0.342 e. The standard InChI is InChI=1S/C22H37N3O2/c1-23(19-9-3-2-4-10-19)20(26)16-24-14-12-22(17-24)11-6-13-25(21(22)27)15-18-7-5-8-18/h18-19H,2-17H2,1H3. The first-order valence-corrected chi connectivity index (χ1v) is 11.3. The Hall–Kier alpha value is -1.10. The maximum atomic E-state index is 13.2. The Kier molecular flexibility index (Phi) is 5.77. The lowest BCUT2D eigenvalue weighted by atomic mass is 9.77. The van der Waals surface area contributed by atoms with Gasteiger partial charge in [0.1, 0.15) is 0 Å². The average Bonchev–Trinajstić information content (AvgIpc) is 3.05. The van der Waals surface area contributed by atoms with Crippen LogP contribution >= 0.6 is 0 Å². The first kappa shape index (κ1) is 19.2. The van der Waals surface area contributed by atoms with Crippen LogP contribution in [0.4, 0.5) is 0 Å². The number of rotatable bonds is 5. The summed E-state index contributed by atoms with van der Waals surface area (Å²) in [4.78, 5) is 32.4. The Labute approximate surface area is 164 Å². The van der Waals surface area contributed by atoms with Crippen LogP contribution < -0.4 is 0 Å². The molecule has 0 aromatic carbocycles. The number of amides is 2. The topological polar surface area (TPSA) is 43.9 Å². The molecule has 0 bridgehead atoms. The monoisotopic (exact) mass is 375 g/mol. The minimum atomic E-state index is -0.203. The summed E-state index contributed by atoms with van der Waals surface area (Å²) in [6.07, 6.45) is 13.1. The molecule has 2 saturated carbocycles. The van der Waals surface area contributed by atoms with Crippen molar-refractivity contribution in [3.05, 3.63) is 0 Å². The molecule has 2 aliphatic heterocycles. The molecule has 0 aromatic heterocycles. The van der Waals surface area contributed by atoms with Gasteiger partial charge in [-0.1, -0.05) is 25.7 Å². The summed E-state index contributed by atoms with van der Waals surface area (Å²) in [5.74, 6) is 1.37. The molecule has 0 aromatic rings. The van der Waals surface area contributed by atoms with E-state index in [0.717, 1.165) is 64.2 Å². The van der Waals surface area contributed by atoms with Gasteiger partial charge in [-0.25, -0.2) is 0 Å². The van der Waals surface area contributed by atoms with Gasteiger partial charge in [-0.15, -0.1) is 0 Å². The second kappa shape index (κ2) is 8.10. The number of hydrogen-bond donors (Lipinski definition) is 0. The second-order valence-corrected chi connectivity index (χ2v) is 9.69. The average molecular weight is 376 g/mol. The molecule has 27 heavy (non-hydrogen) atoms. The summed E-state index contributed by atoms with van der Waals surface area (Å²) in [5, 5.41) is 0. The highest BCUT2D eigenvalue weighted by molar-refractivity contribution is 5.84. The van der Waals surface area contributed by atoms with Gasteiger partial charge in [0.25, 0.3) is 0 Å². The van der Waals surface area contributed by atoms with Gasteiger partial charge in [0.15, 0.2) is 0 Å². The smallest absolute Gasteiger partial charge is 0.236 e. The summed E-state index contributed by atoms with van der Waals surface area (Å²) in [6.45, 7) is 4.10. The van der Waals surface area contributed by atoms with Gasteiger partial charge in [0, 0.05) is 32.7 Å². The van der Waals surface area contributed by atoms with Crippen LogP contribution in [0.25, 0.3) is 0 Å². The molecule has 0 N–H and O–H groups in total. The molecule has 2 heterocycles. The fourth-order valence-electron chi connectivity index (χ4n) is 5.76. The predicted octanol–water partition coefficient (Wildman–Crippen LogP) is 2.89. The van der Waals surface area contributed by atoms with Gasteiger partial charge in [-0.2, -0.15) is 0 Å². The zero-order valence-electron chi connectivity index (χ0n) is 17.1. The second-order valence-electron chi connectivity index (χ2n) is 9.69. The summed E-state index contributed by atoms with van der Waals surface area (Å²) >= 11 is 0. The van der Waals surface area contributed by atoms with E-state index in [0.29, 0.717) is 18.5 Å². The van der Waals surface area contributed by atoms with Crippen molar-refractivity contribution in [3.8, 4) is 0 Å². The maximum Gasteiger partial charge on any atom is 0.236 e. The molecule has 2 saturated heterocycles. The van der Waals surface area contributed by atoms with Crippen LogP contribution in [0.3, 0.4) is 0 Å². The lowest BCUT2D eigenvalue weighted by Gasteiger charge is -2.42. The van der Waals surface area contributed by atoms with Crippen molar-refractivity contribution in [2.24, 2.45) is 11.3 Å². The van der Waals surface area contributed by atoms with E-state index < -0.39 is 0 Å². The van der Waals surface area contributed by atoms with E-state index in [1.54, 1.807) is 0 Å². The normalized spacial score (nSPS) is 30.7. The molecular weight excluding hydrogens is 338 g/mol. The highest BCUT2D eigenvalue weighted by Gasteiger charge is 2.49. The number of carbonyl (C=O) groups is 2. The van der Waals surface area contributed by atoms with E-state index in [1.807, 2.05) is 11.9 Å². The van der Waals surface area contributed by atoms with Crippen molar-refractivity contribution in [2.75, 3.05) is 39.8 Å². The fourth-order valence-corrected chi connectivity index (χ4v) is 5.76. The fraction of sp³-hybridized carbons (Fsp3) is 0.909. The summed E-state index contributed by atoms with van der Waals surface area (Å²) < 4.78 is 0. The van der Waals surface area contributed by atoms with Gasteiger partial charge < -0.3 is 9.80 Å². The first-order valence-electron chi connectivity index (χ1n) is 11.3. The van der Waals surface area contributed by atoms with Crippen molar-refractivity contribution in [1.82, 2.24) is 14.7 Å². The van der Waals surface area contributed by atoms with Crippen LogP contribution in [0.15, 0.2) is 0 Å². The summed E-state index contributed by atoms with van der Waals surface area (Å²) in [6, 6.07) is 0.428. The number of carbonyl (C=O) groups excluding carboxylic acids is 2. The highest BCUT2D eigenvalue weighted by Crippen LogP contribution is 2.41. The van der Waals surface area contributed by atoms with Gasteiger partial charge in [-0.3, -0.25) is 14.5 Å². The molecule has 4 rings (SSSR count). The number of likely N-dealkylation sites (tertiary alicyclic amines) is 2. The predicted molar refractivity (Wildman–Crippen MR) is 106 cm³/mol. The van der Waals surface area contributed by atoms with Crippen LogP contribution in [-0.2, 0) is 9.59 Å². The van der Waals surface area contributed by atoms with E-state index in [9.17, 15) is 9.59 Å². The van der Waals surface area contributed by atoms with Crippen LogP contribution in [0.1, 0.15) is 70.6 Å². The van der Waals surface area contributed by atoms with Crippen LogP contribution in [-0.4, -0.2) is 72.3 Å². The first-order chi connectivity index (χ1) is 13.1. The van der Waals surface area contributed by atoms with E-state index in [4.69, 9.17) is 0 Å². The molecule has 0 radical (unpaired) electrons. The van der Waals surface area contributed by atoms with Crippen molar-refractivity contribution in [2.45, 2.75) is 76.7 Å². The van der Waals surface area contributed by atoms with Gasteiger partial charge >= 0.3 is 0 Å². The quantitative estimate of drug-likeness (QED) is 0.742. The molecule has 5 heteroatoms. The SMILES string of the molecule is CN(C(=O)CN1CCC2(CCCN(CC3CCC3)C2=O)C1)C1CCCCC1. The minimum absolute atomic E-state index is 0.203. The van der Waals surface area contributed by atoms with Crippen LogP contribution in [0.2, 0.25) is 0 Å². The lowest BCUT2D eigenvalue weighted by molar-refractivity contribution is -0.147. The number of hydrogen-bond acceptors (Lipinski definition) is 3. The van der Waals surface area contributed by atoms with Gasteiger partial charge in [0.05, 0.1) is 12.0 Å². The Morgan fingerprint density at radius 2 is 1.81 bits per heavy atom. The van der Waals surface area contributed by atoms with E-state index >= 15 is 0 Å². The Morgan fingerprint density at radius 3 is 2.52 bits per heavy atom. The largest absolute Gasteiger partial charge is 0.342 e. The molecule has 5 nitrogen and oxygen atoms in total. The molecule has 152 valence electrons. The van der Waals surface area contributed by atoms with Gasteiger partial charge in [-0.05, 0) is 57.4 Å². The molecule has 4 fully saturated rings. The van der Waals surface area contributed by atoms with Crippen molar-refractivity contribution in [3.63, 3.8) is 0 Å².